The normalized spacial score (nSPS) is 15.0. The van der Waals surface area contributed by atoms with Gasteiger partial charge in [0.15, 0.2) is 11.2 Å². The number of benzene rings is 2. The molecule has 0 saturated carbocycles. The number of H-pyrrole nitrogens is 1. The SMILES string of the molecule is COc1ccccc1N1CCN(CCn2c(=O)[nH]c3c4cc(C#N)c(o4)c3c2=O)CC1. The smallest absolute Gasteiger partial charge is 0.328 e. The molecule has 0 aliphatic carbocycles. The lowest BCUT2D eigenvalue weighted by atomic mass is 10.1. The zero-order chi connectivity index (χ0) is 21.5. The number of para-hydroxylation sites is 2. The summed E-state index contributed by atoms with van der Waals surface area (Å²) in [6.07, 6.45) is 0. The number of nitrogens with one attached hydrogen (secondary N) is 1. The van der Waals surface area contributed by atoms with Crippen LogP contribution in [0.2, 0.25) is 0 Å². The number of aromatic nitrogens is 2. The molecule has 9 heteroatoms. The maximum atomic E-state index is 13.0. The Kier molecular flexibility index (Phi) is 4.64. The first-order chi connectivity index (χ1) is 15.1. The van der Waals surface area contributed by atoms with Crippen LogP contribution in [0.5, 0.6) is 5.75 Å². The Balaban J connectivity index is 1.31. The van der Waals surface area contributed by atoms with Gasteiger partial charge in [-0.25, -0.2) is 4.79 Å². The van der Waals surface area contributed by atoms with E-state index in [1.807, 2.05) is 30.3 Å². The fourth-order valence-corrected chi connectivity index (χ4v) is 4.30. The van der Waals surface area contributed by atoms with Gasteiger partial charge in [-0.2, -0.15) is 5.26 Å². The van der Waals surface area contributed by atoms with Crippen molar-refractivity contribution in [3.05, 3.63) is 56.7 Å². The van der Waals surface area contributed by atoms with E-state index in [1.54, 1.807) is 13.2 Å². The Morgan fingerprint density at radius 2 is 1.94 bits per heavy atom. The summed E-state index contributed by atoms with van der Waals surface area (Å²) in [5.41, 5.74) is 1.46. The molecular weight excluding hydrogens is 398 g/mol. The molecule has 4 aromatic rings. The number of nitrogens with zero attached hydrogens (tertiary/aromatic N) is 4. The van der Waals surface area contributed by atoms with Crippen molar-refractivity contribution in [3.8, 4) is 11.8 Å². The van der Waals surface area contributed by atoms with Crippen molar-refractivity contribution < 1.29 is 9.15 Å². The second-order valence-corrected chi connectivity index (χ2v) is 7.60. The largest absolute Gasteiger partial charge is 0.495 e. The highest BCUT2D eigenvalue weighted by atomic mass is 16.5. The Labute approximate surface area is 177 Å². The van der Waals surface area contributed by atoms with Gasteiger partial charge < -0.3 is 19.0 Å². The molecule has 1 fully saturated rings. The zero-order valence-electron chi connectivity index (χ0n) is 17.1. The highest BCUT2D eigenvalue weighted by Crippen LogP contribution is 2.30. The first kappa shape index (κ1) is 19.2. The van der Waals surface area contributed by atoms with Crippen LogP contribution in [0.3, 0.4) is 0 Å². The first-order valence-electron chi connectivity index (χ1n) is 10.1. The molecule has 5 rings (SSSR count). The predicted octanol–water partition coefficient (Wildman–Crippen LogP) is 1.58. The molecule has 0 radical (unpaired) electrons. The highest BCUT2D eigenvalue weighted by Gasteiger charge is 2.23. The topological polar surface area (TPSA) is 108 Å². The van der Waals surface area contributed by atoms with Crippen molar-refractivity contribution in [2.45, 2.75) is 6.54 Å². The van der Waals surface area contributed by atoms with Crippen LogP contribution < -0.4 is 20.9 Å². The maximum Gasteiger partial charge on any atom is 0.328 e. The fraction of sp³-hybridized carbons (Fsp3) is 0.318. The quantitative estimate of drug-likeness (QED) is 0.523. The van der Waals surface area contributed by atoms with E-state index in [1.165, 1.54) is 4.57 Å². The number of ether oxygens (including phenoxy) is 1. The summed E-state index contributed by atoms with van der Waals surface area (Å²) in [5.74, 6) is 0.852. The summed E-state index contributed by atoms with van der Waals surface area (Å²) < 4.78 is 12.2. The number of furan rings is 2. The van der Waals surface area contributed by atoms with Gasteiger partial charge in [0.2, 0.25) is 0 Å². The van der Waals surface area contributed by atoms with Crippen molar-refractivity contribution >= 4 is 27.8 Å². The number of fused-ring (bicyclic) bond motifs is 5. The fourth-order valence-electron chi connectivity index (χ4n) is 4.30. The average Bonchev–Trinajstić information content (AvgIpc) is 3.38. The molecule has 158 valence electrons. The monoisotopic (exact) mass is 419 g/mol. The van der Waals surface area contributed by atoms with Gasteiger partial charge in [0, 0.05) is 45.3 Å². The molecule has 3 aromatic heterocycles. The van der Waals surface area contributed by atoms with Gasteiger partial charge >= 0.3 is 5.69 Å². The standard InChI is InChI=1S/C22H21N5O4/c1-30-16-5-3-2-4-15(16)26-9-6-25(7-10-26)8-11-27-21(28)18-19(24-22(27)29)17-12-14(13-23)20(18)31-17/h2-5,12H,6-11H2,1H3,(H,24,29). The van der Waals surface area contributed by atoms with Crippen LogP contribution in [-0.4, -0.2) is 54.3 Å². The third kappa shape index (κ3) is 3.12. The summed E-state index contributed by atoms with van der Waals surface area (Å²) in [4.78, 5) is 32.7. The number of nitriles is 1. The highest BCUT2D eigenvalue weighted by molar-refractivity contribution is 6.06. The number of hydrogen-bond acceptors (Lipinski definition) is 7. The van der Waals surface area contributed by atoms with Gasteiger partial charge in [-0.15, -0.1) is 0 Å². The molecule has 31 heavy (non-hydrogen) atoms. The summed E-state index contributed by atoms with van der Waals surface area (Å²) in [5, 5.41) is 9.48. The van der Waals surface area contributed by atoms with E-state index in [9.17, 15) is 14.9 Å². The molecule has 4 heterocycles. The summed E-state index contributed by atoms with van der Waals surface area (Å²) >= 11 is 0. The van der Waals surface area contributed by atoms with E-state index in [4.69, 9.17) is 9.15 Å². The molecule has 1 aliphatic heterocycles. The second kappa shape index (κ2) is 7.49. The molecule has 1 N–H and O–H groups in total. The van der Waals surface area contributed by atoms with Crippen LogP contribution >= 0.6 is 0 Å². The third-order valence-corrected chi connectivity index (χ3v) is 5.95. The van der Waals surface area contributed by atoms with Crippen molar-refractivity contribution in [3.63, 3.8) is 0 Å². The van der Waals surface area contributed by atoms with Crippen LogP contribution in [0.4, 0.5) is 5.69 Å². The zero-order valence-corrected chi connectivity index (χ0v) is 17.1. The lowest BCUT2D eigenvalue weighted by molar-refractivity contribution is 0.245. The van der Waals surface area contributed by atoms with E-state index in [0.717, 1.165) is 37.6 Å². The van der Waals surface area contributed by atoms with E-state index in [0.29, 0.717) is 23.2 Å². The number of piperazine rings is 1. The van der Waals surface area contributed by atoms with Gasteiger partial charge in [-0.1, -0.05) is 12.1 Å². The van der Waals surface area contributed by atoms with Crippen LogP contribution in [0.1, 0.15) is 5.56 Å². The van der Waals surface area contributed by atoms with Gasteiger partial charge in [0.25, 0.3) is 5.56 Å². The lowest BCUT2D eigenvalue weighted by Gasteiger charge is -2.36. The molecule has 0 atom stereocenters. The molecule has 1 aliphatic rings. The minimum absolute atomic E-state index is 0.243. The lowest BCUT2D eigenvalue weighted by Crippen LogP contribution is -2.48. The van der Waals surface area contributed by atoms with Gasteiger partial charge in [-0.05, 0) is 12.1 Å². The molecule has 1 aromatic carbocycles. The summed E-state index contributed by atoms with van der Waals surface area (Å²) in [6, 6.07) is 11.5. The van der Waals surface area contributed by atoms with Crippen LogP contribution in [0.25, 0.3) is 22.1 Å². The molecule has 0 amide bonds. The third-order valence-electron chi connectivity index (χ3n) is 5.95. The Hall–Kier alpha value is -3.77. The maximum absolute atomic E-state index is 13.0. The molecule has 0 spiro atoms. The molecule has 2 bridgehead atoms. The van der Waals surface area contributed by atoms with Gasteiger partial charge in [-0.3, -0.25) is 14.3 Å². The average molecular weight is 419 g/mol. The predicted molar refractivity (Wildman–Crippen MR) is 116 cm³/mol. The molecular formula is C22H21N5O4. The minimum atomic E-state index is -0.465. The van der Waals surface area contributed by atoms with E-state index in [-0.39, 0.29) is 17.5 Å². The van der Waals surface area contributed by atoms with E-state index < -0.39 is 11.2 Å². The number of aromatic amines is 1. The van der Waals surface area contributed by atoms with Gasteiger partial charge in [0.1, 0.15) is 22.7 Å². The Morgan fingerprint density at radius 3 is 2.68 bits per heavy atom. The summed E-state index contributed by atoms with van der Waals surface area (Å²) in [7, 11) is 1.67. The van der Waals surface area contributed by atoms with Crippen molar-refractivity contribution in [1.29, 1.82) is 5.26 Å². The van der Waals surface area contributed by atoms with Gasteiger partial charge in [0.05, 0.1) is 18.4 Å². The Morgan fingerprint density at radius 1 is 1.16 bits per heavy atom. The van der Waals surface area contributed by atoms with Crippen molar-refractivity contribution in [2.75, 3.05) is 44.7 Å². The first-order valence-corrected chi connectivity index (χ1v) is 10.1. The van der Waals surface area contributed by atoms with E-state index >= 15 is 0 Å². The number of hydrogen-bond donors (Lipinski definition) is 1. The van der Waals surface area contributed by atoms with Crippen molar-refractivity contribution in [2.24, 2.45) is 0 Å². The minimum Gasteiger partial charge on any atom is -0.495 e. The van der Waals surface area contributed by atoms with Crippen molar-refractivity contribution in [1.82, 2.24) is 14.5 Å². The molecule has 1 saturated heterocycles. The number of rotatable bonds is 5. The summed E-state index contributed by atoms with van der Waals surface area (Å²) in [6.45, 7) is 4.14. The molecule has 0 unspecified atom stereocenters. The van der Waals surface area contributed by atoms with E-state index in [2.05, 4.69) is 14.8 Å². The molecule has 9 nitrogen and oxygen atoms in total. The number of anilines is 1. The number of methoxy groups -OCH3 is 1. The second-order valence-electron chi connectivity index (χ2n) is 7.60. The Bertz CT molecular complexity index is 1400. The van der Waals surface area contributed by atoms with Crippen LogP contribution in [-0.2, 0) is 6.54 Å². The van der Waals surface area contributed by atoms with Crippen LogP contribution in [0, 0.1) is 11.3 Å². The van der Waals surface area contributed by atoms with Crippen LogP contribution in [0.15, 0.2) is 44.3 Å².